The second-order valence-electron chi connectivity index (χ2n) is 5.12. The molecule has 1 heterocycles. The quantitative estimate of drug-likeness (QED) is 0.871. The lowest BCUT2D eigenvalue weighted by Gasteiger charge is -2.07. The molecule has 0 fully saturated rings. The summed E-state index contributed by atoms with van der Waals surface area (Å²) < 4.78 is 2.14. The van der Waals surface area contributed by atoms with Gasteiger partial charge >= 0.3 is 5.97 Å². The van der Waals surface area contributed by atoms with E-state index in [-0.39, 0.29) is 0 Å². The molecule has 1 aromatic heterocycles. The Balaban J connectivity index is 2.22. The predicted molar refractivity (Wildman–Crippen MR) is 73.0 cm³/mol. The average Bonchev–Trinajstić information content (AvgIpc) is 2.71. The fraction of sp³-hybridized carbons (Fsp3) is 0.400. The number of hydrogen-bond donors (Lipinski definition) is 1. The van der Waals surface area contributed by atoms with Crippen molar-refractivity contribution in [3.05, 3.63) is 36.0 Å². The van der Waals surface area contributed by atoms with Gasteiger partial charge in [0, 0.05) is 18.3 Å². The molecule has 0 aliphatic carbocycles. The maximum absolute atomic E-state index is 11.0. The molecule has 3 nitrogen and oxygen atoms in total. The molecule has 0 saturated carbocycles. The second-order valence-corrected chi connectivity index (χ2v) is 5.12. The fourth-order valence-corrected chi connectivity index (χ4v) is 2.18. The number of benzene rings is 1. The third-order valence-corrected chi connectivity index (χ3v) is 3.20. The molecule has 96 valence electrons. The molecule has 0 aliphatic heterocycles. The van der Waals surface area contributed by atoms with Crippen LogP contribution in [0.3, 0.4) is 0 Å². The molecule has 2 rings (SSSR count). The van der Waals surface area contributed by atoms with Crippen molar-refractivity contribution in [2.24, 2.45) is 5.92 Å². The van der Waals surface area contributed by atoms with Crippen molar-refractivity contribution in [2.75, 3.05) is 0 Å². The largest absolute Gasteiger partial charge is 0.478 e. The number of carboxylic acid groups (broad SMARTS) is 1. The van der Waals surface area contributed by atoms with Gasteiger partial charge in [-0.3, -0.25) is 0 Å². The number of aromatic nitrogens is 1. The zero-order chi connectivity index (χ0) is 13.1. The summed E-state index contributed by atoms with van der Waals surface area (Å²) in [5.41, 5.74) is 1.37. The molecule has 1 aromatic carbocycles. The van der Waals surface area contributed by atoms with Crippen molar-refractivity contribution in [1.29, 1.82) is 0 Å². The monoisotopic (exact) mass is 245 g/mol. The lowest BCUT2D eigenvalue weighted by Crippen LogP contribution is -2.00. The van der Waals surface area contributed by atoms with Crippen molar-refractivity contribution in [3.8, 4) is 0 Å². The van der Waals surface area contributed by atoms with E-state index in [1.807, 2.05) is 18.3 Å². The summed E-state index contributed by atoms with van der Waals surface area (Å²) >= 11 is 0. The van der Waals surface area contributed by atoms with Crippen LogP contribution in [0, 0.1) is 5.92 Å². The Labute approximate surface area is 107 Å². The van der Waals surface area contributed by atoms with Crippen molar-refractivity contribution in [3.63, 3.8) is 0 Å². The van der Waals surface area contributed by atoms with E-state index < -0.39 is 5.97 Å². The molecular formula is C15H19NO2. The van der Waals surface area contributed by atoms with Gasteiger partial charge in [-0.2, -0.15) is 0 Å². The maximum atomic E-state index is 11.0. The van der Waals surface area contributed by atoms with Crippen molar-refractivity contribution >= 4 is 16.9 Å². The summed E-state index contributed by atoms with van der Waals surface area (Å²) in [6, 6.07) is 7.32. The molecule has 2 aromatic rings. The topological polar surface area (TPSA) is 42.2 Å². The van der Waals surface area contributed by atoms with Crippen molar-refractivity contribution < 1.29 is 9.90 Å². The zero-order valence-corrected chi connectivity index (χ0v) is 10.9. The van der Waals surface area contributed by atoms with E-state index in [9.17, 15) is 4.79 Å². The summed E-state index contributed by atoms with van der Waals surface area (Å²) in [6.07, 6.45) is 4.35. The van der Waals surface area contributed by atoms with Crippen LogP contribution in [-0.4, -0.2) is 15.6 Å². The van der Waals surface area contributed by atoms with E-state index in [4.69, 9.17) is 5.11 Å². The molecule has 3 heteroatoms. The first kappa shape index (κ1) is 12.7. The molecule has 0 bridgehead atoms. The van der Waals surface area contributed by atoms with E-state index in [0.29, 0.717) is 11.5 Å². The average molecular weight is 245 g/mol. The van der Waals surface area contributed by atoms with E-state index in [1.54, 1.807) is 12.1 Å². The Morgan fingerprint density at radius 1 is 1.33 bits per heavy atom. The van der Waals surface area contributed by atoms with Gasteiger partial charge in [-0.25, -0.2) is 4.79 Å². The molecule has 0 aliphatic rings. The summed E-state index contributed by atoms with van der Waals surface area (Å²) in [4.78, 5) is 11.0. The Morgan fingerprint density at radius 3 is 2.78 bits per heavy atom. The van der Waals surface area contributed by atoms with Gasteiger partial charge in [0.15, 0.2) is 0 Å². The van der Waals surface area contributed by atoms with Crippen LogP contribution in [0.1, 0.15) is 37.0 Å². The molecule has 0 saturated heterocycles. The van der Waals surface area contributed by atoms with E-state index >= 15 is 0 Å². The number of carboxylic acids is 1. The Kier molecular flexibility index (Phi) is 3.70. The van der Waals surface area contributed by atoms with Crippen molar-refractivity contribution in [1.82, 2.24) is 4.57 Å². The van der Waals surface area contributed by atoms with Gasteiger partial charge < -0.3 is 9.67 Å². The van der Waals surface area contributed by atoms with Gasteiger partial charge in [0.2, 0.25) is 0 Å². The zero-order valence-electron chi connectivity index (χ0n) is 10.9. The molecular weight excluding hydrogens is 226 g/mol. The molecule has 0 spiro atoms. The fourth-order valence-electron chi connectivity index (χ4n) is 2.18. The van der Waals surface area contributed by atoms with Gasteiger partial charge in [-0.1, -0.05) is 19.9 Å². The van der Waals surface area contributed by atoms with E-state index in [1.165, 1.54) is 6.42 Å². The number of rotatable bonds is 5. The molecule has 0 unspecified atom stereocenters. The smallest absolute Gasteiger partial charge is 0.335 e. The normalized spacial score (nSPS) is 11.3. The Morgan fingerprint density at radius 2 is 2.11 bits per heavy atom. The number of nitrogens with zero attached hydrogens (tertiary/aromatic N) is 1. The van der Waals surface area contributed by atoms with Crippen LogP contribution >= 0.6 is 0 Å². The number of aryl methyl sites for hydroxylation is 1. The summed E-state index contributed by atoms with van der Waals surface area (Å²) in [5, 5.41) is 10.1. The van der Waals surface area contributed by atoms with Gasteiger partial charge in [-0.15, -0.1) is 0 Å². The first-order chi connectivity index (χ1) is 8.58. The van der Waals surface area contributed by atoms with Gasteiger partial charge in [0.05, 0.1) is 5.56 Å². The van der Waals surface area contributed by atoms with Crippen LogP contribution < -0.4 is 0 Å². The van der Waals surface area contributed by atoms with Gasteiger partial charge in [0.25, 0.3) is 0 Å². The Bertz CT molecular complexity index is 555. The molecule has 0 atom stereocenters. The number of hydrogen-bond acceptors (Lipinski definition) is 1. The maximum Gasteiger partial charge on any atom is 0.335 e. The van der Waals surface area contributed by atoms with Gasteiger partial charge in [0.1, 0.15) is 0 Å². The van der Waals surface area contributed by atoms with Crippen molar-refractivity contribution in [2.45, 2.75) is 33.2 Å². The summed E-state index contributed by atoms with van der Waals surface area (Å²) in [6.45, 7) is 5.39. The third kappa shape index (κ3) is 2.73. The van der Waals surface area contributed by atoms with Crippen LogP contribution in [0.4, 0.5) is 0 Å². The van der Waals surface area contributed by atoms with Crippen LogP contribution in [0.2, 0.25) is 0 Å². The SMILES string of the molecule is CC(C)CCCn1ccc2ccc(C(=O)O)cc21. The first-order valence-corrected chi connectivity index (χ1v) is 6.40. The highest BCUT2D eigenvalue weighted by molar-refractivity contribution is 5.93. The minimum atomic E-state index is -0.869. The third-order valence-electron chi connectivity index (χ3n) is 3.20. The van der Waals surface area contributed by atoms with Crippen LogP contribution in [0.5, 0.6) is 0 Å². The standard InChI is InChI=1S/C15H19NO2/c1-11(2)4-3-8-16-9-7-12-5-6-13(15(17)18)10-14(12)16/h5-7,9-11H,3-4,8H2,1-2H3,(H,17,18). The molecule has 18 heavy (non-hydrogen) atoms. The van der Waals surface area contributed by atoms with Gasteiger partial charge in [-0.05, 0) is 42.3 Å². The summed E-state index contributed by atoms with van der Waals surface area (Å²) in [5.74, 6) is -0.159. The van der Waals surface area contributed by atoms with E-state index in [0.717, 1.165) is 23.9 Å². The molecule has 1 N–H and O–H groups in total. The number of aromatic carboxylic acids is 1. The van der Waals surface area contributed by atoms with Crippen LogP contribution in [-0.2, 0) is 6.54 Å². The minimum absolute atomic E-state index is 0.353. The highest BCUT2D eigenvalue weighted by Gasteiger charge is 2.06. The first-order valence-electron chi connectivity index (χ1n) is 6.40. The summed E-state index contributed by atoms with van der Waals surface area (Å²) in [7, 11) is 0. The number of fused-ring (bicyclic) bond motifs is 1. The Hall–Kier alpha value is -1.77. The predicted octanol–water partition coefficient (Wildman–Crippen LogP) is 3.78. The van der Waals surface area contributed by atoms with Crippen LogP contribution in [0.15, 0.2) is 30.5 Å². The second kappa shape index (κ2) is 5.25. The van der Waals surface area contributed by atoms with E-state index in [2.05, 4.69) is 18.4 Å². The highest BCUT2D eigenvalue weighted by Crippen LogP contribution is 2.19. The molecule has 0 amide bonds. The minimum Gasteiger partial charge on any atom is -0.478 e. The molecule has 0 radical (unpaired) electrons. The number of carbonyl (C=O) groups is 1. The van der Waals surface area contributed by atoms with Crippen LogP contribution in [0.25, 0.3) is 10.9 Å². The lowest BCUT2D eigenvalue weighted by molar-refractivity contribution is 0.0697. The highest BCUT2D eigenvalue weighted by atomic mass is 16.4. The lowest BCUT2D eigenvalue weighted by atomic mass is 10.1.